The predicted octanol–water partition coefficient (Wildman–Crippen LogP) is 8.62. The number of aromatic hydroxyl groups is 1. The fraction of sp³-hybridized carbons (Fsp3) is 0.216. The van der Waals surface area contributed by atoms with Crippen molar-refractivity contribution in [3.8, 4) is 23.0 Å². The first-order valence-electron chi connectivity index (χ1n) is 20.1. The largest absolute Gasteiger partial charge is 0.504 e. The molecule has 6 atom stereocenters. The lowest BCUT2D eigenvalue weighted by molar-refractivity contribution is -0.135. The Morgan fingerprint density at radius 1 is 0.717 bits per heavy atom. The minimum atomic E-state index is -1.41. The van der Waals surface area contributed by atoms with E-state index in [0.29, 0.717) is 39.4 Å². The third-order valence-electron chi connectivity index (χ3n) is 13.0. The number of phenolic OH excluding ortho intramolecular Hbond substituents is 1. The molecule has 1 N–H and O–H groups in total. The highest BCUT2D eigenvalue weighted by Gasteiger charge is 2.66. The van der Waals surface area contributed by atoms with Gasteiger partial charge < -0.3 is 19.3 Å². The van der Waals surface area contributed by atoms with Gasteiger partial charge in [-0.2, -0.15) is 0 Å². The molecule has 9 heteroatoms. The van der Waals surface area contributed by atoms with Crippen LogP contribution in [0.25, 0.3) is 17.7 Å². The Morgan fingerprint density at radius 2 is 1.42 bits per heavy atom. The number of fused-ring (bicyclic) bond motifs is 4. The number of nitrogens with zero attached hydrogens (tertiary/aromatic N) is 1. The van der Waals surface area contributed by atoms with E-state index in [4.69, 9.17) is 14.2 Å². The van der Waals surface area contributed by atoms with Crippen LogP contribution in [0.4, 0.5) is 5.69 Å². The molecule has 60 heavy (non-hydrogen) atoms. The van der Waals surface area contributed by atoms with Crippen molar-refractivity contribution in [2.24, 2.45) is 23.7 Å². The summed E-state index contributed by atoms with van der Waals surface area (Å²) in [5, 5.41) is 11.2. The molecule has 6 unspecified atom stereocenters. The van der Waals surface area contributed by atoms with Gasteiger partial charge in [0.15, 0.2) is 23.1 Å². The number of hydrogen-bond acceptors (Lipinski definition) is 8. The van der Waals surface area contributed by atoms with Crippen LogP contribution in [0.2, 0.25) is 0 Å². The second-order valence-electron chi connectivity index (χ2n) is 15.8. The van der Waals surface area contributed by atoms with Crippen LogP contribution in [0, 0.1) is 23.7 Å². The Kier molecular flexibility index (Phi) is 9.83. The maximum atomic E-state index is 15.3. The SMILES string of the molecule is COc1ccc(OC)c(C=Cc2ccc(N3C(=O)C4CC=C5C(CC6C(=O)C(c7ccccc7)=CC(=O)C6(c6ccccc6)C5c5ccc(OC)c(O)c5)C4C3=O)cc2)c1. The van der Waals surface area contributed by atoms with Gasteiger partial charge in [-0.25, -0.2) is 0 Å². The highest BCUT2D eigenvalue weighted by Crippen LogP contribution is 2.64. The van der Waals surface area contributed by atoms with Gasteiger partial charge in [-0.05, 0) is 89.6 Å². The summed E-state index contributed by atoms with van der Waals surface area (Å²) in [4.78, 5) is 61.0. The summed E-state index contributed by atoms with van der Waals surface area (Å²) in [6.45, 7) is 0. The molecule has 1 heterocycles. The standard InChI is InChI=1S/C51H43NO8/c1-58-36-21-25-43(59-2)32(26-36)17-14-30-15-19-35(20-16-30)52-49(56)38-23-22-37-40(46(38)50(52)57)28-41-48(55)39(31-10-6-4-7-11-31)29-45(54)51(41,34-12-8-5-9-13-34)47(37)33-18-24-44(60-3)42(53)27-33/h4-22,24-27,29,38,40-41,46-47,53H,23,28H2,1-3H3. The minimum Gasteiger partial charge on any atom is -0.504 e. The molecule has 5 aromatic rings. The lowest BCUT2D eigenvalue weighted by Crippen LogP contribution is -2.58. The molecule has 3 aliphatic carbocycles. The van der Waals surface area contributed by atoms with E-state index < -0.39 is 35.0 Å². The maximum absolute atomic E-state index is 15.3. The van der Waals surface area contributed by atoms with E-state index in [-0.39, 0.29) is 47.7 Å². The number of methoxy groups -OCH3 is 3. The zero-order valence-electron chi connectivity index (χ0n) is 33.4. The highest BCUT2D eigenvalue weighted by molar-refractivity contribution is 6.32. The monoisotopic (exact) mass is 797 g/mol. The van der Waals surface area contributed by atoms with Gasteiger partial charge in [0, 0.05) is 23.0 Å². The number of amides is 2. The van der Waals surface area contributed by atoms with Gasteiger partial charge in [0.25, 0.3) is 0 Å². The first kappa shape index (κ1) is 38.5. The Balaban J connectivity index is 1.13. The molecule has 300 valence electrons. The van der Waals surface area contributed by atoms with Crippen LogP contribution in [0.1, 0.15) is 46.6 Å². The number of phenols is 1. The molecule has 2 fully saturated rings. The molecule has 4 aliphatic rings. The molecule has 5 aromatic carbocycles. The molecule has 0 aromatic heterocycles. The number of anilines is 1. The van der Waals surface area contributed by atoms with Gasteiger partial charge >= 0.3 is 0 Å². The lowest BCUT2D eigenvalue weighted by atomic mass is 9.44. The number of ether oxygens (including phenoxy) is 3. The van der Waals surface area contributed by atoms with Gasteiger partial charge in [0.1, 0.15) is 11.5 Å². The topological polar surface area (TPSA) is 119 Å². The normalized spacial score (nSPS) is 24.6. The first-order valence-corrected chi connectivity index (χ1v) is 20.1. The van der Waals surface area contributed by atoms with E-state index in [1.54, 1.807) is 38.5 Å². The van der Waals surface area contributed by atoms with E-state index in [2.05, 4.69) is 0 Å². The van der Waals surface area contributed by atoms with E-state index in [0.717, 1.165) is 16.7 Å². The van der Waals surface area contributed by atoms with E-state index in [9.17, 15) is 14.7 Å². The summed E-state index contributed by atoms with van der Waals surface area (Å²) < 4.78 is 16.3. The summed E-state index contributed by atoms with van der Waals surface area (Å²) in [7, 11) is 4.68. The maximum Gasteiger partial charge on any atom is 0.238 e. The smallest absolute Gasteiger partial charge is 0.238 e. The number of benzene rings is 5. The summed E-state index contributed by atoms with van der Waals surface area (Å²) in [6.07, 6.45) is 7.80. The molecule has 2 amide bonds. The number of ketones is 2. The molecular weight excluding hydrogens is 755 g/mol. The number of carbonyl (C=O) groups is 4. The molecule has 1 aliphatic heterocycles. The molecule has 0 bridgehead atoms. The van der Waals surface area contributed by atoms with Crippen molar-refractivity contribution < 1.29 is 38.5 Å². The van der Waals surface area contributed by atoms with Crippen LogP contribution in [0.5, 0.6) is 23.0 Å². The van der Waals surface area contributed by atoms with Crippen molar-refractivity contribution >= 4 is 46.8 Å². The zero-order valence-corrected chi connectivity index (χ0v) is 33.4. The lowest BCUT2D eigenvalue weighted by Gasteiger charge is -2.55. The van der Waals surface area contributed by atoms with Gasteiger partial charge in [-0.1, -0.05) is 103 Å². The number of carbonyl (C=O) groups excluding carboxylic acids is 4. The van der Waals surface area contributed by atoms with Crippen LogP contribution < -0.4 is 19.1 Å². The molecule has 9 nitrogen and oxygen atoms in total. The molecular formula is C51H43NO8. The van der Waals surface area contributed by atoms with Crippen LogP contribution >= 0.6 is 0 Å². The number of rotatable bonds is 9. The van der Waals surface area contributed by atoms with Crippen molar-refractivity contribution in [1.82, 2.24) is 0 Å². The van der Waals surface area contributed by atoms with Crippen LogP contribution in [-0.4, -0.2) is 49.8 Å². The fourth-order valence-electron chi connectivity index (χ4n) is 10.3. The van der Waals surface area contributed by atoms with E-state index in [1.807, 2.05) is 115 Å². The molecule has 1 saturated heterocycles. The van der Waals surface area contributed by atoms with Crippen LogP contribution in [-0.2, 0) is 24.6 Å². The Labute approximate surface area is 348 Å². The number of imide groups is 1. The number of hydrogen-bond donors (Lipinski definition) is 1. The highest BCUT2D eigenvalue weighted by atomic mass is 16.5. The Morgan fingerprint density at radius 3 is 2.10 bits per heavy atom. The summed E-state index contributed by atoms with van der Waals surface area (Å²) in [6, 6.07) is 36.4. The molecule has 0 spiro atoms. The third-order valence-corrected chi connectivity index (χ3v) is 13.0. The Bertz CT molecular complexity index is 2630. The number of Topliss-reactive ketones (excluding diaryl/α,β-unsaturated/α-hetero) is 1. The second kappa shape index (κ2) is 15.3. The quantitative estimate of drug-likeness (QED) is 0.0895. The van der Waals surface area contributed by atoms with Gasteiger partial charge in [-0.3, -0.25) is 24.1 Å². The zero-order chi connectivity index (χ0) is 41.7. The van der Waals surface area contributed by atoms with Crippen molar-refractivity contribution in [2.75, 3.05) is 26.2 Å². The van der Waals surface area contributed by atoms with Gasteiger partial charge in [-0.15, -0.1) is 0 Å². The summed E-state index contributed by atoms with van der Waals surface area (Å²) in [5.41, 5.74) is 3.79. The second-order valence-corrected chi connectivity index (χ2v) is 15.8. The Hall–Kier alpha value is -7.00. The molecule has 0 radical (unpaired) electrons. The van der Waals surface area contributed by atoms with Crippen molar-refractivity contribution in [2.45, 2.75) is 24.2 Å². The van der Waals surface area contributed by atoms with Gasteiger partial charge in [0.2, 0.25) is 11.8 Å². The van der Waals surface area contributed by atoms with Gasteiger partial charge in [0.05, 0.1) is 44.3 Å². The fourth-order valence-corrected chi connectivity index (χ4v) is 10.3. The first-order chi connectivity index (χ1) is 29.2. The van der Waals surface area contributed by atoms with Crippen molar-refractivity contribution in [1.29, 1.82) is 0 Å². The van der Waals surface area contributed by atoms with E-state index >= 15 is 9.59 Å². The average molecular weight is 798 g/mol. The molecule has 1 saturated carbocycles. The van der Waals surface area contributed by atoms with Crippen LogP contribution in [0.15, 0.2) is 139 Å². The molecule has 9 rings (SSSR count). The number of allylic oxidation sites excluding steroid dienone is 4. The van der Waals surface area contributed by atoms with Crippen LogP contribution in [0.3, 0.4) is 0 Å². The summed E-state index contributed by atoms with van der Waals surface area (Å²) >= 11 is 0. The summed E-state index contributed by atoms with van der Waals surface area (Å²) in [5.74, 6) is -3.13. The average Bonchev–Trinajstić information content (AvgIpc) is 3.55. The minimum absolute atomic E-state index is 0.111. The third kappa shape index (κ3) is 6.06. The van der Waals surface area contributed by atoms with Crippen molar-refractivity contribution in [3.05, 3.63) is 167 Å². The van der Waals surface area contributed by atoms with Crippen molar-refractivity contribution in [3.63, 3.8) is 0 Å². The van der Waals surface area contributed by atoms with E-state index in [1.165, 1.54) is 18.1 Å². The predicted molar refractivity (Wildman–Crippen MR) is 229 cm³/mol.